The lowest BCUT2D eigenvalue weighted by molar-refractivity contribution is 0.0904. The van der Waals surface area contributed by atoms with E-state index < -0.39 is 0 Å². The Morgan fingerprint density at radius 2 is 1.94 bits per heavy atom. The van der Waals surface area contributed by atoms with E-state index in [-0.39, 0.29) is 6.04 Å². The Hall–Kier alpha value is -1.06. The number of ether oxygens (including phenoxy) is 2. The summed E-state index contributed by atoms with van der Waals surface area (Å²) in [5, 5.41) is 0. The predicted octanol–water partition coefficient (Wildman–Crippen LogP) is 3.15. The van der Waals surface area contributed by atoms with Crippen molar-refractivity contribution in [1.29, 1.82) is 0 Å². The van der Waals surface area contributed by atoms with Gasteiger partial charge in [-0.1, -0.05) is 38.5 Å². The van der Waals surface area contributed by atoms with E-state index >= 15 is 0 Å². The van der Waals surface area contributed by atoms with Crippen LogP contribution in [0.25, 0.3) is 0 Å². The fraction of sp³-hybridized carbons (Fsp3) is 0.600. The minimum atomic E-state index is -0.130. The highest BCUT2D eigenvalue weighted by Crippen LogP contribution is 2.23. The first kappa shape index (κ1) is 15.0. The van der Waals surface area contributed by atoms with Crippen molar-refractivity contribution in [1.82, 2.24) is 0 Å². The fourth-order valence-electron chi connectivity index (χ4n) is 2.03. The molecule has 2 N–H and O–H groups in total. The maximum atomic E-state index is 6.13. The molecule has 0 aliphatic rings. The van der Waals surface area contributed by atoms with Crippen LogP contribution in [-0.2, 0) is 4.74 Å². The van der Waals surface area contributed by atoms with Gasteiger partial charge in [-0.25, -0.2) is 0 Å². The molecule has 18 heavy (non-hydrogen) atoms. The van der Waals surface area contributed by atoms with E-state index in [1.165, 1.54) is 12.8 Å². The predicted molar refractivity (Wildman–Crippen MR) is 74.8 cm³/mol. The minimum absolute atomic E-state index is 0.130. The van der Waals surface area contributed by atoms with Gasteiger partial charge >= 0.3 is 0 Å². The number of nitrogens with two attached hydrogens (primary N) is 1. The van der Waals surface area contributed by atoms with Crippen LogP contribution in [0.4, 0.5) is 0 Å². The van der Waals surface area contributed by atoms with E-state index in [0.29, 0.717) is 12.5 Å². The summed E-state index contributed by atoms with van der Waals surface area (Å²) in [4.78, 5) is 0. The Labute approximate surface area is 110 Å². The Bertz CT molecular complexity index is 341. The van der Waals surface area contributed by atoms with Gasteiger partial charge in [0.25, 0.3) is 0 Å². The molecule has 2 unspecified atom stereocenters. The minimum Gasteiger partial charge on any atom is -0.496 e. The zero-order chi connectivity index (χ0) is 13.4. The third-order valence-corrected chi connectivity index (χ3v) is 3.02. The molecule has 0 aliphatic heterocycles. The summed E-state index contributed by atoms with van der Waals surface area (Å²) in [6.45, 7) is 5.71. The summed E-state index contributed by atoms with van der Waals surface area (Å²) in [5.74, 6) is 1.43. The third-order valence-electron chi connectivity index (χ3n) is 3.02. The van der Waals surface area contributed by atoms with Gasteiger partial charge < -0.3 is 15.2 Å². The number of hydrogen-bond donors (Lipinski definition) is 1. The van der Waals surface area contributed by atoms with Crippen LogP contribution in [0.1, 0.15) is 38.3 Å². The third kappa shape index (κ3) is 4.67. The smallest absolute Gasteiger partial charge is 0.123 e. The van der Waals surface area contributed by atoms with Gasteiger partial charge in [-0.2, -0.15) is 0 Å². The normalized spacial score (nSPS) is 14.2. The van der Waals surface area contributed by atoms with Crippen LogP contribution >= 0.6 is 0 Å². The molecule has 1 aromatic carbocycles. The van der Waals surface area contributed by atoms with Crippen LogP contribution in [0.5, 0.6) is 5.75 Å². The lowest BCUT2D eigenvalue weighted by Gasteiger charge is -2.17. The molecular weight excluding hydrogens is 226 g/mol. The van der Waals surface area contributed by atoms with Gasteiger partial charge in [0.2, 0.25) is 0 Å². The second-order valence-electron chi connectivity index (χ2n) is 4.78. The molecule has 0 fully saturated rings. The number of para-hydroxylation sites is 1. The van der Waals surface area contributed by atoms with Gasteiger partial charge in [-0.15, -0.1) is 0 Å². The summed E-state index contributed by atoms with van der Waals surface area (Å²) in [5.41, 5.74) is 7.13. The zero-order valence-electron chi connectivity index (χ0n) is 11.7. The van der Waals surface area contributed by atoms with Crippen LogP contribution in [0.2, 0.25) is 0 Å². The summed E-state index contributed by atoms with van der Waals surface area (Å²) in [6.07, 6.45) is 2.40. The van der Waals surface area contributed by atoms with Crippen molar-refractivity contribution in [3.05, 3.63) is 29.8 Å². The quantitative estimate of drug-likeness (QED) is 0.772. The molecule has 0 radical (unpaired) electrons. The first-order chi connectivity index (χ1) is 8.69. The molecule has 0 aromatic heterocycles. The van der Waals surface area contributed by atoms with Crippen molar-refractivity contribution >= 4 is 0 Å². The molecule has 3 nitrogen and oxygen atoms in total. The van der Waals surface area contributed by atoms with Crippen molar-refractivity contribution in [2.45, 2.75) is 32.7 Å². The highest BCUT2D eigenvalue weighted by atomic mass is 16.5. The first-order valence-corrected chi connectivity index (χ1v) is 6.65. The lowest BCUT2D eigenvalue weighted by atomic mass is 10.1. The van der Waals surface area contributed by atoms with Gasteiger partial charge in [0, 0.05) is 12.2 Å². The Morgan fingerprint density at radius 1 is 1.22 bits per heavy atom. The lowest BCUT2D eigenvalue weighted by Crippen LogP contribution is -2.19. The molecule has 0 saturated carbocycles. The standard InChI is InChI=1S/C15H25NO2/c1-4-7-12(2)10-18-11-14(16)13-8-5-6-9-15(13)17-3/h5-6,8-9,12,14H,4,7,10-11,16H2,1-3H3. The van der Waals surface area contributed by atoms with Gasteiger partial charge in [-0.05, 0) is 18.4 Å². The number of benzene rings is 1. The van der Waals surface area contributed by atoms with E-state index in [1.807, 2.05) is 24.3 Å². The summed E-state index contributed by atoms with van der Waals surface area (Å²) >= 11 is 0. The highest BCUT2D eigenvalue weighted by molar-refractivity contribution is 5.35. The van der Waals surface area contributed by atoms with Crippen molar-refractivity contribution in [3.63, 3.8) is 0 Å². The highest BCUT2D eigenvalue weighted by Gasteiger charge is 2.12. The van der Waals surface area contributed by atoms with Crippen LogP contribution in [0, 0.1) is 5.92 Å². The van der Waals surface area contributed by atoms with E-state index in [9.17, 15) is 0 Å². The molecule has 0 bridgehead atoms. The van der Waals surface area contributed by atoms with Crippen LogP contribution in [0.15, 0.2) is 24.3 Å². The van der Waals surface area contributed by atoms with E-state index in [1.54, 1.807) is 7.11 Å². The summed E-state index contributed by atoms with van der Waals surface area (Å²) in [7, 11) is 1.66. The molecular formula is C15H25NO2. The summed E-state index contributed by atoms with van der Waals surface area (Å²) in [6, 6.07) is 7.70. The topological polar surface area (TPSA) is 44.5 Å². The van der Waals surface area contributed by atoms with Crippen LogP contribution in [-0.4, -0.2) is 20.3 Å². The van der Waals surface area contributed by atoms with E-state index in [4.69, 9.17) is 15.2 Å². The summed E-state index contributed by atoms with van der Waals surface area (Å²) < 4.78 is 11.0. The number of hydrogen-bond acceptors (Lipinski definition) is 3. The van der Waals surface area contributed by atoms with Crippen molar-refractivity contribution in [2.75, 3.05) is 20.3 Å². The molecule has 0 heterocycles. The second-order valence-corrected chi connectivity index (χ2v) is 4.78. The zero-order valence-corrected chi connectivity index (χ0v) is 11.7. The number of methoxy groups -OCH3 is 1. The molecule has 0 saturated heterocycles. The van der Waals surface area contributed by atoms with Crippen molar-refractivity contribution in [2.24, 2.45) is 11.7 Å². The number of rotatable bonds is 8. The maximum Gasteiger partial charge on any atom is 0.123 e. The molecule has 0 spiro atoms. The van der Waals surface area contributed by atoms with Gasteiger partial charge in [0.15, 0.2) is 0 Å². The van der Waals surface area contributed by atoms with E-state index in [2.05, 4.69) is 13.8 Å². The monoisotopic (exact) mass is 251 g/mol. The Morgan fingerprint density at radius 3 is 2.61 bits per heavy atom. The fourth-order valence-corrected chi connectivity index (χ4v) is 2.03. The molecule has 0 amide bonds. The molecule has 2 atom stereocenters. The molecule has 1 aromatic rings. The molecule has 3 heteroatoms. The largest absolute Gasteiger partial charge is 0.496 e. The van der Waals surface area contributed by atoms with Gasteiger partial charge in [0.05, 0.1) is 19.8 Å². The van der Waals surface area contributed by atoms with Gasteiger partial charge in [0.1, 0.15) is 5.75 Å². The van der Waals surface area contributed by atoms with E-state index in [0.717, 1.165) is 17.9 Å². The Balaban J connectivity index is 2.42. The second kappa shape index (κ2) is 8.11. The van der Waals surface area contributed by atoms with Crippen molar-refractivity contribution in [3.8, 4) is 5.75 Å². The average molecular weight is 251 g/mol. The average Bonchev–Trinajstić information content (AvgIpc) is 2.38. The Kier molecular flexibility index (Phi) is 6.76. The SMILES string of the molecule is CCCC(C)COCC(N)c1ccccc1OC. The van der Waals surface area contributed by atoms with Crippen LogP contribution in [0.3, 0.4) is 0 Å². The molecule has 1 rings (SSSR count). The molecule has 0 aliphatic carbocycles. The van der Waals surface area contributed by atoms with Crippen molar-refractivity contribution < 1.29 is 9.47 Å². The maximum absolute atomic E-state index is 6.13. The molecule has 102 valence electrons. The van der Waals surface area contributed by atoms with Crippen LogP contribution < -0.4 is 10.5 Å². The van der Waals surface area contributed by atoms with Gasteiger partial charge in [-0.3, -0.25) is 0 Å². The first-order valence-electron chi connectivity index (χ1n) is 6.65.